The van der Waals surface area contributed by atoms with Crippen molar-refractivity contribution in [3.8, 4) is 0 Å². The van der Waals surface area contributed by atoms with Crippen molar-refractivity contribution < 1.29 is 23.9 Å². The van der Waals surface area contributed by atoms with Crippen LogP contribution in [-0.2, 0) is 14.3 Å². The lowest BCUT2D eigenvalue weighted by Gasteiger charge is -2.35. The van der Waals surface area contributed by atoms with Gasteiger partial charge in [0.15, 0.2) is 6.10 Å². The van der Waals surface area contributed by atoms with Crippen molar-refractivity contribution in [3.63, 3.8) is 0 Å². The molecule has 7 heteroatoms. The Morgan fingerprint density at radius 3 is 2.50 bits per heavy atom. The van der Waals surface area contributed by atoms with Gasteiger partial charge in [0, 0.05) is 11.7 Å². The van der Waals surface area contributed by atoms with Crippen molar-refractivity contribution in [1.82, 2.24) is 10.3 Å². The highest BCUT2D eigenvalue weighted by Gasteiger charge is 2.31. The van der Waals surface area contributed by atoms with Crippen LogP contribution in [0.1, 0.15) is 79.1 Å². The van der Waals surface area contributed by atoms with Crippen LogP contribution in [0.15, 0.2) is 0 Å². The molecular formula is C21H32N2O5. The van der Waals surface area contributed by atoms with E-state index >= 15 is 0 Å². The zero-order chi connectivity index (χ0) is 21.0. The second-order valence-corrected chi connectivity index (χ2v) is 7.78. The Bertz CT molecular complexity index is 739. The molecular weight excluding hydrogens is 360 g/mol. The maximum atomic E-state index is 12.5. The standard InChI is InChI=1S/C21H32N2O5/c1-7-27-20(25)17-13(4)18(22-14(17)5)21(26)28-15(6)19(24)23-16-10-8-9-11(2)12(16)3/h11-12,15-16,22H,7-10H2,1-6H3,(H,23,24)/t11-,12-,15+,16-/m0/s1. The Balaban J connectivity index is 2.03. The number of nitrogens with one attached hydrogen (secondary N) is 2. The van der Waals surface area contributed by atoms with Gasteiger partial charge in [0.1, 0.15) is 5.69 Å². The van der Waals surface area contributed by atoms with Crippen LogP contribution in [0.2, 0.25) is 0 Å². The molecule has 28 heavy (non-hydrogen) atoms. The number of aryl methyl sites for hydroxylation is 1. The topological polar surface area (TPSA) is 97.5 Å². The lowest BCUT2D eigenvalue weighted by molar-refractivity contribution is -0.130. The summed E-state index contributed by atoms with van der Waals surface area (Å²) in [7, 11) is 0. The molecule has 0 spiro atoms. The molecule has 0 saturated heterocycles. The maximum Gasteiger partial charge on any atom is 0.355 e. The summed E-state index contributed by atoms with van der Waals surface area (Å²) in [5.74, 6) is -0.502. The molecule has 1 fully saturated rings. The smallest absolute Gasteiger partial charge is 0.355 e. The van der Waals surface area contributed by atoms with E-state index in [1.807, 2.05) is 0 Å². The van der Waals surface area contributed by atoms with Crippen molar-refractivity contribution in [2.75, 3.05) is 6.61 Å². The van der Waals surface area contributed by atoms with Crippen LogP contribution in [0, 0.1) is 25.7 Å². The molecule has 0 radical (unpaired) electrons. The molecule has 7 nitrogen and oxygen atoms in total. The number of hydrogen-bond donors (Lipinski definition) is 2. The minimum absolute atomic E-state index is 0.0993. The highest BCUT2D eigenvalue weighted by molar-refractivity contribution is 5.99. The van der Waals surface area contributed by atoms with Gasteiger partial charge in [0.2, 0.25) is 0 Å². The summed E-state index contributed by atoms with van der Waals surface area (Å²) >= 11 is 0. The number of aromatic amines is 1. The Hall–Kier alpha value is -2.31. The average Bonchev–Trinajstić information content (AvgIpc) is 2.93. The summed E-state index contributed by atoms with van der Waals surface area (Å²) in [5, 5.41) is 3.02. The molecule has 1 aromatic heterocycles. The van der Waals surface area contributed by atoms with E-state index in [1.54, 1.807) is 27.7 Å². The Morgan fingerprint density at radius 2 is 1.86 bits per heavy atom. The summed E-state index contributed by atoms with van der Waals surface area (Å²) in [6.45, 7) is 11.2. The quantitative estimate of drug-likeness (QED) is 0.724. The third-order valence-electron chi connectivity index (χ3n) is 5.81. The molecule has 0 aromatic carbocycles. The molecule has 0 bridgehead atoms. The van der Waals surface area contributed by atoms with E-state index in [0.717, 1.165) is 12.8 Å². The van der Waals surface area contributed by atoms with Gasteiger partial charge < -0.3 is 19.8 Å². The van der Waals surface area contributed by atoms with Crippen LogP contribution in [-0.4, -0.2) is 41.6 Å². The van der Waals surface area contributed by atoms with E-state index in [-0.39, 0.29) is 24.2 Å². The molecule has 1 aliphatic carbocycles. The SMILES string of the molecule is CCOC(=O)c1c(C)[nH]c(C(=O)O[C@H](C)C(=O)N[C@H]2CCC[C@H](C)[C@@H]2C)c1C. The minimum Gasteiger partial charge on any atom is -0.462 e. The third-order valence-corrected chi connectivity index (χ3v) is 5.81. The highest BCUT2D eigenvalue weighted by Crippen LogP contribution is 2.29. The van der Waals surface area contributed by atoms with Crippen molar-refractivity contribution in [2.45, 2.75) is 73.0 Å². The van der Waals surface area contributed by atoms with E-state index in [2.05, 4.69) is 24.1 Å². The fraction of sp³-hybridized carbons (Fsp3) is 0.667. The number of carbonyl (C=O) groups is 3. The van der Waals surface area contributed by atoms with Crippen LogP contribution >= 0.6 is 0 Å². The number of carbonyl (C=O) groups excluding carboxylic acids is 3. The second kappa shape index (κ2) is 9.26. The minimum atomic E-state index is -0.925. The summed E-state index contributed by atoms with van der Waals surface area (Å²) in [6, 6.07) is 0.0993. The Morgan fingerprint density at radius 1 is 1.18 bits per heavy atom. The van der Waals surface area contributed by atoms with E-state index < -0.39 is 18.0 Å². The summed E-state index contributed by atoms with van der Waals surface area (Å²) in [5.41, 5.74) is 1.49. The van der Waals surface area contributed by atoms with Gasteiger partial charge in [0.05, 0.1) is 12.2 Å². The van der Waals surface area contributed by atoms with Crippen LogP contribution in [0.25, 0.3) is 0 Å². The molecule has 1 heterocycles. The van der Waals surface area contributed by atoms with Gasteiger partial charge in [-0.1, -0.05) is 26.7 Å². The molecule has 1 aliphatic rings. The number of aromatic nitrogens is 1. The van der Waals surface area contributed by atoms with Crippen molar-refractivity contribution in [2.24, 2.45) is 11.8 Å². The predicted molar refractivity (Wildman–Crippen MR) is 105 cm³/mol. The normalized spacial score (nSPS) is 23.0. The van der Waals surface area contributed by atoms with Crippen LogP contribution in [0.4, 0.5) is 0 Å². The van der Waals surface area contributed by atoms with Gasteiger partial charge in [-0.15, -0.1) is 0 Å². The Labute approximate surface area is 166 Å². The molecule has 156 valence electrons. The van der Waals surface area contributed by atoms with Gasteiger partial charge in [-0.05, 0) is 51.5 Å². The van der Waals surface area contributed by atoms with Crippen LogP contribution in [0.3, 0.4) is 0 Å². The predicted octanol–water partition coefficient (Wildman–Crippen LogP) is 3.29. The van der Waals surface area contributed by atoms with Gasteiger partial charge in [-0.3, -0.25) is 4.79 Å². The van der Waals surface area contributed by atoms with Crippen molar-refractivity contribution >= 4 is 17.8 Å². The number of amides is 1. The van der Waals surface area contributed by atoms with E-state index in [4.69, 9.17) is 9.47 Å². The van der Waals surface area contributed by atoms with Crippen LogP contribution < -0.4 is 5.32 Å². The van der Waals surface area contributed by atoms with Gasteiger partial charge in [-0.2, -0.15) is 0 Å². The third kappa shape index (κ3) is 4.75. The molecule has 2 N–H and O–H groups in total. The number of hydrogen-bond acceptors (Lipinski definition) is 5. The molecule has 4 atom stereocenters. The number of H-pyrrole nitrogens is 1. The molecule has 2 rings (SSSR count). The van der Waals surface area contributed by atoms with E-state index in [9.17, 15) is 14.4 Å². The average molecular weight is 392 g/mol. The number of esters is 2. The van der Waals surface area contributed by atoms with Crippen molar-refractivity contribution in [1.29, 1.82) is 0 Å². The fourth-order valence-corrected chi connectivity index (χ4v) is 3.82. The second-order valence-electron chi connectivity index (χ2n) is 7.78. The fourth-order valence-electron chi connectivity index (χ4n) is 3.82. The molecule has 1 amide bonds. The van der Waals surface area contributed by atoms with Gasteiger partial charge in [-0.25, -0.2) is 9.59 Å². The zero-order valence-electron chi connectivity index (χ0n) is 17.7. The first-order valence-electron chi connectivity index (χ1n) is 10.0. The zero-order valence-corrected chi connectivity index (χ0v) is 17.7. The highest BCUT2D eigenvalue weighted by atomic mass is 16.5. The lowest BCUT2D eigenvalue weighted by atomic mass is 9.78. The van der Waals surface area contributed by atoms with E-state index in [1.165, 1.54) is 6.42 Å². The summed E-state index contributed by atoms with van der Waals surface area (Å²) < 4.78 is 10.4. The molecule has 1 saturated carbocycles. The largest absolute Gasteiger partial charge is 0.462 e. The summed E-state index contributed by atoms with van der Waals surface area (Å²) in [6.07, 6.45) is 2.27. The first kappa shape index (κ1) is 22.0. The molecule has 0 aliphatic heterocycles. The van der Waals surface area contributed by atoms with Gasteiger partial charge >= 0.3 is 11.9 Å². The van der Waals surface area contributed by atoms with E-state index in [0.29, 0.717) is 28.7 Å². The van der Waals surface area contributed by atoms with Gasteiger partial charge in [0.25, 0.3) is 5.91 Å². The monoisotopic (exact) mass is 392 g/mol. The van der Waals surface area contributed by atoms with Crippen LogP contribution in [0.5, 0.6) is 0 Å². The molecule has 1 aromatic rings. The first-order chi connectivity index (χ1) is 13.2. The number of ether oxygens (including phenoxy) is 2. The number of rotatable bonds is 6. The Kier molecular flexibility index (Phi) is 7.27. The van der Waals surface area contributed by atoms with Crippen molar-refractivity contribution in [3.05, 3.63) is 22.5 Å². The summed E-state index contributed by atoms with van der Waals surface area (Å²) in [4.78, 5) is 40.0. The first-order valence-corrected chi connectivity index (χ1v) is 10.0. The maximum absolute atomic E-state index is 12.5. The lowest BCUT2D eigenvalue weighted by Crippen LogP contribution is -2.47. The molecule has 0 unspecified atom stereocenters.